The molecule has 0 aliphatic heterocycles. The van der Waals surface area contributed by atoms with Gasteiger partial charge >= 0.3 is 105 Å². The van der Waals surface area contributed by atoms with Crippen molar-refractivity contribution in [1.82, 2.24) is 19.9 Å². The van der Waals surface area contributed by atoms with Crippen LogP contribution in [0.1, 0.15) is 0 Å². The third-order valence-corrected chi connectivity index (χ3v) is 1.81. The molecule has 0 bridgehead atoms. The standard InChI is InChI=1S/C5H3N5Se.2ClH.Pt/c6-5-9-3-2(4(11)10-5)7-1-8-3;;;/h1H,(H2-,6,7,8,9,10);2*1H;/q-1;;;+2/p-2. The van der Waals surface area contributed by atoms with Crippen molar-refractivity contribution in [1.29, 1.82) is 0 Å². The second kappa shape index (κ2) is 5.88. The van der Waals surface area contributed by atoms with Crippen LogP contribution in [0.15, 0.2) is 6.33 Å². The van der Waals surface area contributed by atoms with Crippen molar-refractivity contribution in [2.24, 2.45) is 0 Å². The molecule has 14 heavy (non-hydrogen) atoms. The maximum atomic E-state index is 5.37. The van der Waals surface area contributed by atoms with E-state index in [-0.39, 0.29) is 5.95 Å². The Kier molecular flexibility index (Phi) is 5.13. The van der Waals surface area contributed by atoms with E-state index in [4.69, 9.17) is 24.6 Å². The van der Waals surface area contributed by atoms with E-state index in [1.807, 2.05) is 0 Å². The SMILES string of the molecule is Nc1nc([Se])c2nc[n-]c2n1.[Cl][Pt][Cl]. The number of nitrogen functional groups attached to an aromatic ring is 1. The molecule has 79 valence electrons. The predicted molar refractivity (Wildman–Crippen MR) is 52.2 cm³/mol. The average molecular weight is 478 g/mol. The molecule has 0 aromatic carbocycles. The van der Waals surface area contributed by atoms with Gasteiger partial charge in [0.2, 0.25) is 0 Å². The number of hydrogen-bond donors (Lipinski definition) is 1. The molecule has 0 spiro atoms. The van der Waals surface area contributed by atoms with Crippen LogP contribution in [0.2, 0.25) is 0 Å². The van der Waals surface area contributed by atoms with Crippen LogP contribution in [0.3, 0.4) is 0 Å². The number of nitrogens with zero attached hydrogens (tertiary/aromatic N) is 4. The third-order valence-electron chi connectivity index (χ3n) is 1.22. The third kappa shape index (κ3) is 3.07. The Morgan fingerprint density at radius 1 is 1.43 bits per heavy atom. The van der Waals surface area contributed by atoms with Crippen molar-refractivity contribution in [2.45, 2.75) is 0 Å². The molecule has 1 radical (unpaired) electrons. The molecule has 0 aliphatic carbocycles. The number of fused-ring (bicyclic) bond motifs is 1. The molecule has 2 rings (SSSR count). The summed E-state index contributed by atoms with van der Waals surface area (Å²) >= 11 is 2.27. The van der Waals surface area contributed by atoms with Gasteiger partial charge in [-0.3, -0.25) is 0 Å². The van der Waals surface area contributed by atoms with Crippen LogP contribution >= 0.6 is 18.8 Å². The molecule has 0 saturated heterocycles. The van der Waals surface area contributed by atoms with Gasteiger partial charge in [-0.15, -0.1) is 0 Å². The van der Waals surface area contributed by atoms with E-state index in [0.717, 1.165) is 0 Å². The Labute approximate surface area is 104 Å². The van der Waals surface area contributed by atoms with Gasteiger partial charge in [0.05, 0.1) is 0 Å². The zero-order valence-corrected chi connectivity index (χ0v) is 11.9. The predicted octanol–water partition coefficient (Wildman–Crippen LogP) is -0.266. The molecule has 2 aromatic rings. The minimum atomic E-state index is -0.472. The van der Waals surface area contributed by atoms with Crippen molar-refractivity contribution in [3.63, 3.8) is 0 Å². The second-order valence-electron chi connectivity index (χ2n) is 1.98. The van der Waals surface area contributed by atoms with E-state index in [1.165, 1.54) is 6.33 Å². The summed E-state index contributed by atoms with van der Waals surface area (Å²) in [6, 6.07) is 0. The van der Waals surface area contributed by atoms with Crippen LogP contribution in [0.4, 0.5) is 5.95 Å². The van der Waals surface area contributed by atoms with E-state index < -0.39 is 16.5 Å². The molecule has 0 atom stereocenters. The zero-order chi connectivity index (χ0) is 10.6. The summed E-state index contributed by atoms with van der Waals surface area (Å²) in [6.07, 6.45) is 1.43. The Morgan fingerprint density at radius 2 is 2.07 bits per heavy atom. The molecule has 2 N–H and O–H groups in total. The van der Waals surface area contributed by atoms with Crippen LogP contribution < -0.4 is 15.3 Å². The maximum absolute atomic E-state index is 5.37. The molecule has 9 heteroatoms. The first kappa shape index (κ1) is 12.2. The van der Waals surface area contributed by atoms with Crippen LogP contribution in [0, 0.1) is 0 Å². The molecule has 2 heterocycles. The summed E-state index contributed by atoms with van der Waals surface area (Å²) in [4.78, 5) is 15.6. The van der Waals surface area contributed by atoms with Crippen molar-refractivity contribution in [3.05, 3.63) is 6.33 Å². The molecule has 0 amide bonds. The summed E-state index contributed by atoms with van der Waals surface area (Å²) in [5.74, 6) is 0.215. The molecule has 0 saturated carbocycles. The fourth-order valence-electron chi connectivity index (χ4n) is 0.783. The number of hydrogen-bond acceptors (Lipinski definition) is 4. The van der Waals surface area contributed by atoms with Crippen molar-refractivity contribution >= 4 is 56.6 Å². The second-order valence-corrected chi connectivity index (χ2v) is 6.07. The zero-order valence-electron chi connectivity index (χ0n) is 6.42. The Bertz CT molecular complexity index is 421. The van der Waals surface area contributed by atoms with Gasteiger partial charge in [-0.25, -0.2) is 0 Å². The number of nitrogens with two attached hydrogens (primary N) is 1. The number of anilines is 1. The van der Waals surface area contributed by atoms with Crippen molar-refractivity contribution in [2.75, 3.05) is 5.73 Å². The first-order valence-corrected chi connectivity index (χ1v) is 9.58. The van der Waals surface area contributed by atoms with Crippen LogP contribution in [0.5, 0.6) is 0 Å². The van der Waals surface area contributed by atoms with Gasteiger partial charge in [0.25, 0.3) is 0 Å². The van der Waals surface area contributed by atoms with E-state index in [0.29, 0.717) is 15.8 Å². The van der Waals surface area contributed by atoms with Crippen LogP contribution in [0.25, 0.3) is 11.2 Å². The Hall–Kier alpha value is 0.138. The fraction of sp³-hybridized carbons (Fsp3) is 0. The van der Waals surface area contributed by atoms with E-state index >= 15 is 0 Å². The first-order valence-electron chi connectivity index (χ1n) is 3.09. The molecule has 0 fully saturated rings. The van der Waals surface area contributed by atoms with Gasteiger partial charge in [-0.1, -0.05) is 0 Å². The van der Waals surface area contributed by atoms with Gasteiger partial charge in [0.15, 0.2) is 0 Å². The number of halogens is 2. The van der Waals surface area contributed by atoms with E-state index in [2.05, 4.69) is 35.9 Å². The van der Waals surface area contributed by atoms with Crippen molar-refractivity contribution < 1.29 is 16.5 Å². The molecular weight excluding hydrogens is 475 g/mol. The molecular formula is C5H3Cl2N5PtSe-. The van der Waals surface area contributed by atoms with Gasteiger partial charge in [0.1, 0.15) is 0 Å². The first-order chi connectivity index (χ1) is 6.69. The van der Waals surface area contributed by atoms with E-state index in [1.54, 1.807) is 0 Å². The number of rotatable bonds is 0. The molecule has 2 aromatic heterocycles. The van der Waals surface area contributed by atoms with E-state index in [9.17, 15) is 0 Å². The molecule has 0 unspecified atom stereocenters. The summed E-state index contributed by atoms with van der Waals surface area (Å²) < 4.78 is 0.644. The quantitative estimate of drug-likeness (QED) is 0.529. The van der Waals surface area contributed by atoms with Gasteiger partial charge in [-0.05, 0) is 0 Å². The van der Waals surface area contributed by atoms with Gasteiger partial charge in [0, 0.05) is 0 Å². The summed E-state index contributed by atoms with van der Waals surface area (Å²) in [6.45, 7) is 0. The van der Waals surface area contributed by atoms with Gasteiger partial charge < -0.3 is 0 Å². The number of aromatic nitrogens is 4. The Morgan fingerprint density at radius 3 is 2.71 bits per heavy atom. The summed E-state index contributed by atoms with van der Waals surface area (Å²) in [7, 11) is 9.75. The normalized spacial score (nSPS) is 9.86. The van der Waals surface area contributed by atoms with Crippen LogP contribution in [-0.2, 0) is 16.5 Å². The minimum absolute atomic E-state index is 0.215. The summed E-state index contributed by atoms with van der Waals surface area (Å²) in [5.41, 5.74) is 6.57. The van der Waals surface area contributed by atoms with Crippen LogP contribution in [-0.4, -0.2) is 31.0 Å². The van der Waals surface area contributed by atoms with Gasteiger partial charge in [-0.2, -0.15) is 0 Å². The fourth-order valence-corrected chi connectivity index (χ4v) is 1.28. The Balaban J connectivity index is 0.000000293. The summed E-state index contributed by atoms with van der Waals surface area (Å²) in [5, 5.41) is 0. The topological polar surface area (TPSA) is 78.8 Å². The average Bonchev–Trinajstić information content (AvgIpc) is 2.53. The molecule has 0 aliphatic rings. The monoisotopic (exact) mass is 478 g/mol. The molecule has 5 nitrogen and oxygen atoms in total. The number of imidazole rings is 1. The van der Waals surface area contributed by atoms with Crippen molar-refractivity contribution in [3.8, 4) is 0 Å².